The minimum absolute atomic E-state index is 0.898. The monoisotopic (exact) mass is 258 g/mol. The van der Waals surface area contributed by atoms with E-state index in [-0.39, 0.29) is 0 Å². The first kappa shape index (κ1) is 9.48. The van der Waals surface area contributed by atoms with Crippen LogP contribution >= 0.6 is 23.1 Å². The lowest BCUT2D eigenvalue weighted by molar-refractivity contribution is 0.585. The Balaban J connectivity index is 2.45. The molecule has 1 aromatic carbocycles. The van der Waals surface area contributed by atoms with Crippen molar-refractivity contribution in [2.45, 2.75) is 12.8 Å². The second-order valence-electron chi connectivity index (χ2n) is 3.50. The first-order chi connectivity index (χ1) is 6.22. The molecule has 70 valence electrons. The Bertz CT molecular complexity index is 352. The van der Waals surface area contributed by atoms with Crippen molar-refractivity contribution in [3.05, 3.63) is 28.7 Å². The Kier molecular flexibility index (Phi) is 2.62. The molecule has 1 aliphatic rings. The third-order valence-electron chi connectivity index (χ3n) is 2.58. The molecule has 0 aliphatic carbocycles. The molecule has 1 aliphatic heterocycles. The maximum atomic E-state index is 12.4. The maximum absolute atomic E-state index is 12.4. The molecule has 1 aromatic rings. The van der Waals surface area contributed by atoms with E-state index in [9.17, 15) is 4.57 Å². The molecule has 0 atom stereocenters. The van der Waals surface area contributed by atoms with Crippen LogP contribution in [0.25, 0.3) is 0 Å². The first-order valence-electron chi connectivity index (χ1n) is 4.55. The van der Waals surface area contributed by atoms with Gasteiger partial charge in [-0.3, -0.25) is 0 Å². The van der Waals surface area contributed by atoms with Gasteiger partial charge in [0.2, 0.25) is 0 Å². The zero-order chi connectivity index (χ0) is 9.31. The van der Waals surface area contributed by atoms with Crippen molar-refractivity contribution in [2.75, 3.05) is 12.3 Å². The van der Waals surface area contributed by atoms with Gasteiger partial charge in [-0.2, -0.15) is 0 Å². The van der Waals surface area contributed by atoms with Crippen LogP contribution < -0.4 is 5.30 Å². The highest BCUT2D eigenvalue weighted by atomic mass is 79.9. The molecular weight excluding hydrogens is 247 g/mol. The third kappa shape index (κ3) is 1.75. The van der Waals surface area contributed by atoms with Crippen molar-refractivity contribution in [2.24, 2.45) is 0 Å². The summed E-state index contributed by atoms with van der Waals surface area (Å²) in [7, 11) is -2.01. The van der Waals surface area contributed by atoms with Crippen molar-refractivity contribution in [3.8, 4) is 0 Å². The van der Waals surface area contributed by atoms with Crippen molar-refractivity contribution >= 4 is 28.4 Å². The summed E-state index contributed by atoms with van der Waals surface area (Å²) in [5.74, 6) is 0. The molecule has 1 fully saturated rings. The molecule has 0 bridgehead atoms. The molecule has 0 N–H and O–H groups in total. The molecule has 1 heterocycles. The highest BCUT2D eigenvalue weighted by Crippen LogP contribution is 2.52. The van der Waals surface area contributed by atoms with E-state index in [1.807, 2.05) is 24.3 Å². The lowest BCUT2D eigenvalue weighted by Crippen LogP contribution is -2.07. The van der Waals surface area contributed by atoms with Gasteiger partial charge in [0, 0.05) is 22.1 Å². The van der Waals surface area contributed by atoms with E-state index in [1.54, 1.807) is 0 Å². The topological polar surface area (TPSA) is 17.1 Å². The Morgan fingerprint density at radius 2 is 1.77 bits per heavy atom. The Morgan fingerprint density at radius 3 is 2.38 bits per heavy atom. The van der Waals surface area contributed by atoms with Crippen LogP contribution in [0.4, 0.5) is 0 Å². The Hall–Kier alpha value is -0.0700. The van der Waals surface area contributed by atoms with Gasteiger partial charge in [0.05, 0.1) is 0 Å². The van der Waals surface area contributed by atoms with Gasteiger partial charge >= 0.3 is 0 Å². The average molecular weight is 259 g/mol. The van der Waals surface area contributed by atoms with Crippen molar-refractivity contribution < 1.29 is 4.57 Å². The van der Waals surface area contributed by atoms with E-state index in [2.05, 4.69) is 15.9 Å². The molecule has 13 heavy (non-hydrogen) atoms. The van der Waals surface area contributed by atoms with Gasteiger partial charge in [-0.1, -0.05) is 34.1 Å². The summed E-state index contributed by atoms with van der Waals surface area (Å²) in [4.78, 5) is 0. The van der Waals surface area contributed by atoms with Crippen molar-refractivity contribution in [1.29, 1.82) is 0 Å². The fourth-order valence-electron chi connectivity index (χ4n) is 1.87. The van der Waals surface area contributed by atoms with E-state index in [0.717, 1.165) is 34.9 Å². The predicted molar refractivity (Wildman–Crippen MR) is 60.4 cm³/mol. The second kappa shape index (κ2) is 3.59. The van der Waals surface area contributed by atoms with E-state index < -0.39 is 7.14 Å². The zero-order valence-corrected chi connectivity index (χ0v) is 9.85. The second-order valence-corrected chi connectivity index (χ2v) is 7.50. The van der Waals surface area contributed by atoms with Gasteiger partial charge in [0.1, 0.15) is 7.14 Å². The van der Waals surface area contributed by atoms with Crippen molar-refractivity contribution in [3.63, 3.8) is 0 Å². The fourth-order valence-corrected chi connectivity index (χ4v) is 6.12. The minimum atomic E-state index is -2.01. The third-order valence-corrected chi connectivity index (χ3v) is 6.92. The first-order valence-corrected chi connectivity index (χ1v) is 7.43. The standard InChI is InChI=1S/C10H12BrOP/c11-9-5-1-2-6-10(9)13(12)7-3-4-8-13/h1-2,5-6H,3-4,7-8H2. The molecular formula is C10H12BrOP. The highest BCUT2D eigenvalue weighted by Gasteiger charge is 2.30. The summed E-state index contributed by atoms with van der Waals surface area (Å²) in [6.07, 6.45) is 4.04. The van der Waals surface area contributed by atoms with E-state index in [0.29, 0.717) is 0 Å². The quantitative estimate of drug-likeness (QED) is 0.707. The van der Waals surface area contributed by atoms with E-state index in [1.165, 1.54) is 0 Å². The smallest absolute Gasteiger partial charge is 0.116 e. The molecule has 1 nitrogen and oxygen atoms in total. The Morgan fingerprint density at radius 1 is 1.15 bits per heavy atom. The van der Waals surface area contributed by atoms with Crippen LogP contribution in [-0.2, 0) is 4.57 Å². The molecule has 3 heteroatoms. The van der Waals surface area contributed by atoms with Gasteiger partial charge in [-0.25, -0.2) is 0 Å². The van der Waals surface area contributed by atoms with Crippen molar-refractivity contribution in [1.82, 2.24) is 0 Å². The SMILES string of the molecule is O=P1(c2ccccc2Br)CCCC1. The molecule has 0 aromatic heterocycles. The molecule has 0 unspecified atom stereocenters. The lowest BCUT2D eigenvalue weighted by atomic mass is 10.4. The number of benzene rings is 1. The van der Waals surface area contributed by atoms with Crippen LogP contribution in [0, 0.1) is 0 Å². The van der Waals surface area contributed by atoms with Crippen LogP contribution in [0.3, 0.4) is 0 Å². The molecule has 2 rings (SSSR count). The summed E-state index contributed by atoms with van der Waals surface area (Å²) >= 11 is 3.47. The Labute approximate surface area is 87.0 Å². The van der Waals surface area contributed by atoms with E-state index in [4.69, 9.17) is 0 Å². The van der Waals surface area contributed by atoms with Gasteiger partial charge in [0.15, 0.2) is 0 Å². The van der Waals surface area contributed by atoms with Gasteiger partial charge in [0.25, 0.3) is 0 Å². The van der Waals surface area contributed by atoms with E-state index >= 15 is 0 Å². The zero-order valence-electron chi connectivity index (χ0n) is 7.37. The maximum Gasteiger partial charge on any atom is 0.116 e. The molecule has 0 amide bonds. The normalized spacial score (nSPS) is 20.4. The lowest BCUT2D eigenvalue weighted by Gasteiger charge is -2.12. The van der Waals surface area contributed by atoms with Gasteiger partial charge in [-0.05, 0) is 18.9 Å². The summed E-state index contributed by atoms with van der Waals surface area (Å²) in [6, 6.07) is 7.91. The molecule has 1 saturated heterocycles. The number of hydrogen-bond acceptors (Lipinski definition) is 1. The van der Waals surface area contributed by atoms with Gasteiger partial charge < -0.3 is 4.57 Å². The number of hydrogen-bond donors (Lipinski definition) is 0. The minimum Gasteiger partial charge on any atom is -0.319 e. The van der Waals surface area contributed by atoms with Crippen LogP contribution in [-0.4, -0.2) is 12.3 Å². The highest BCUT2D eigenvalue weighted by molar-refractivity contribution is 9.10. The van der Waals surface area contributed by atoms with Crippen LogP contribution in [0.1, 0.15) is 12.8 Å². The summed E-state index contributed by atoms with van der Waals surface area (Å²) in [6.45, 7) is 0. The van der Waals surface area contributed by atoms with Gasteiger partial charge in [-0.15, -0.1) is 0 Å². The predicted octanol–water partition coefficient (Wildman–Crippen LogP) is 3.23. The average Bonchev–Trinajstić information content (AvgIpc) is 2.54. The summed E-state index contributed by atoms with van der Waals surface area (Å²) in [5.41, 5.74) is 0. The molecule has 0 spiro atoms. The number of halogens is 1. The fraction of sp³-hybridized carbons (Fsp3) is 0.400. The molecule has 0 radical (unpaired) electrons. The summed E-state index contributed by atoms with van der Waals surface area (Å²) in [5, 5.41) is 1.05. The van der Waals surface area contributed by atoms with Crippen LogP contribution in [0.15, 0.2) is 28.7 Å². The van der Waals surface area contributed by atoms with Crippen LogP contribution in [0.2, 0.25) is 0 Å². The van der Waals surface area contributed by atoms with Crippen LogP contribution in [0.5, 0.6) is 0 Å². The number of rotatable bonds is 1. The molecule has 0 saturated carbocycles. The summed E-state index contributed by atoms with van der Waals surface area (Å²) < 4.78 is 13.4. The largest absolute Gasteiger partial charge is 0.319 e.